The summed E-state index contributed by atoms with van der Waals surface area (Å²) in [6, 6.07) is 5.14. The van der Waals surface area contributed by atoms with Crippen molar-refractivity contribution < 1.29 is 13.2 Å². The normalized spacial score (nSPS) is 11.7. The molecule has 0 saturated carbocycles. The van der Waals surface area contributed by atoms with Gasteiger partial charge in [0.15, 0.2) is 0 Å². The number of nitrogens with zero attached hydrogens (tertiary/aromatic N) is 1. The topological polar surface area (TPSA) is 58.6 Å². The highest BCUT2D eigenvalue weighted by atomic mass is 32.2. The number of hydrogen-bond acceptors (Lipinski definition) is 4. The van der Waals surface area contributed by atoms with E-state index in [9.17, 15) is 8.42 Å². The summed E-state index contributed by atoms with van der Waals surface area (Å²) in [6.45, 7) is 8.75. The van der Waals surface area contributed by atoms with Crippen molar-refractivity contribution >= 4 is 10.0 Å². The Hall–Kier alpha value is -1.37. The second-order valence-corrected chi connectivity index (χ2v) is 6.81. The van der Waals surface area contributed by atoms with Gasteiger partial charge in [-0.25, -0.2) is 8.42 Å². The first-order valence-corrected chi connectivity index (χ1v) is 8.26. The molecule has 6 heteroatoms. The van der Waals surface area contributed by atoms with E-state index < -0.39 is 10.0 Å². The molecule has 0 fully saturated rings. The zero-order valence-electron chi connectivity index (χ0n) is 13.1. The minimum absolute atomic E-state index is 0.188. The van der Waals surface area contributed by atoms with Crippen molar-refractivity contribution in [1.82, 2.24) is 9.62 Å². The van der Waals surface area contributed by atoms with Gasteiger partial charge in [-0.1, -0.05) is 25.1 Å². The Morgan fingerprint density at radius 2 is 2.10 bits per heavy atom. The summed E-state index contributed by atoms with van der Waals surface area (Å²) in [6.07, 6.45) is 0. The Kier molecular flexibility index (Phi) is 6.39. The lowest BCUT2D eigenvalue weighted by atomic mass is 10.2. The summed E-state index contributed by atoms with van der Waals surface area (Å²) in [5, 5.41) is 3.03. The van der Waals surface area contributed by atoms with Gasteiger partial charge < -0.3 is 10.1 Å². The molecule has 118 valence electrons. The Labute approximate surface area is 127 Å². The molecule has 0 aliphatic heterocycles. The predicted molar refractivity (Wildman–Crippen MR) is 85.0 cm³/mol. The molecule has 0 bridgehead atoms. The number of benzene rings is 1. The van der Waals surface area contributed by atoms with Gasteiger partial charge in [-0.2, -0.15) is 4.31 Å². The third kappa shape index (κ3) is 4.30. The van der Waals surface area contributed by atoms with Crippen molar-refractivity contribution in [2.75, 3.05) is 27.2 Å². The van der Waals surface area contributed by atoms with Crippen molar-refractivity contribution in [3.63, 3.8) is 0 Å². The van der Waals surface area contributed by atoms with Crippen LogP contribution in [0, 0.1) is 0 Å². The molecule has 0 spiro atoms. The molecule has 1 N–H and O–H groups in total. The number of rotatable bonds is 8. The van der Waals surface area contributed by atoms with Crippen molar-refractivity contribution in [1.29, 1.82) is 0 Å². The van der Waals surface area contributed by atoms with E-state index >= 15 is 0 Å². The Morgan fingerprint density at radius 3 is 2.57 bits per heavy atom. The lowest BCUT2D eigenvalue weighted by Crippen LogP contribution is -2.32. The molecule has 21 heavy (non-hydrogen) atoms. The third-order valence-corrected chi connectivity index (χ3v) is 4.99. The maximum absolute atomic E-state index is 12.7. The summed E-state index contributed by atoms with van der Waals surface area (Å²) in [5.74, 6) is 0.364. The second kappa shape index (κ2) is 7.59. The summed E-state index contributed by atoms with van der Waals surface area (Å²) < 4.78 is 32.1. The summed E-state index contributed by atoms with van der Waals surface area (Å²) in [7, 11) is -0.279. The predicted octanol–water partition coefficient (Wildman–Crippen LogP) is 2.00. The molecule has 1 aromatic carbocycles. The molecule has 0 aliphatic carbocycles. The highest BCUT2D eigenvalue weighted by Crippen LogP contribution is 2.28. The van der Waals surface area contributed by atoms with Crippen LogP contribution in [0.25, 0.3) is 0 Å². The van der Waals surface area contributed by atoms with Crippen LogP contribution >= 0.6 is 0 Å². The van der Waals surface area contributed by atoms with Gasteiger partial charge in [0.25, 0.3) is 0 Å². The maximum Gasteiger partial charge on any atom is 0.247 e. The van der Waals surface area contributed by atoms with E-state index in [4.69, 9.17) is 4.74 Å². The monoisotopic (exact) mass is 312 g/mol. The fraction of sp³-hybridized carbons (Fsp3) is 0.467. The summed E-state index contributed by atoms with van der Waals surface area (Å²) in [5.41, 5.74) is 1.77. The summed E-state index contributed by atoms with van der Waals surface area (Å²) in [4.78, 5) is 0.188. The molecule has 0 radical (unpaired) electrons. The van der Waals surface area contributed by atoms with Crippen molar-refractivity contribution in [3.05, 3.63) is 35.9 Å². The first-order valence-electron chi connectivity index (χ1n) is 6.82. The maximum atomic E-state index is 12.7. The molecule has 0 aromatic heterocycles. The fourth-order valence-corrected chi connectivity index (χ4v) is 3.69. The third-order valence-electron chi connectivity index (χ3n) is 3.03. The Morgan fingerprint density at radius 1 is 1.43 bits per heavy atom. The van der Waals surface area contributed by atoms with Gasteiger partial charge in [0.2, 0.25) is 10.0 Å². The average Bonchev–Trinajstić information content (AvgIpc) is 2.44. The van der Waals surface area contributed by atoms with Crippen LogP contribution in [0.5, 0.6) is 5.75 Å². The van der Waals surface area contributed by atoms with Crippen LogP contribution in [-0.4, -0.2) is 40.0 Å². The lowest BCUT2D eigenvalue weighted by Gasteiger charge is -2.22. The fourth-order valence-electron chi connectivity index (χ4n) is 2.05. The van der Waals surface area contributed by atoms with E-state index in [0.717, 1.165) is 11.1 Å². The second-order valence-electron chi connectivity index (χ2n) is 4.90. The van der Waals surface area contributed by atoms with Gasteiger partial charge in [0.1, 0.15) is 10.6 Å². The van der Waals surface area contributed by atoms with Crippen LogP contribution < -0.4 is 10.1 Å². The Bertz CT molecular complexity index is 597. The summed E-state index contributed by atoms with van der Waals surface area (Å²) >= 11 is 0. The van der Waals surface area contributed by atoms with E-state index in [2.05, 4.69) is 11.9 Å². The molecular weight excluding hydrogens is 288 g/mol. The molecule has 1 rings (SSSR count). The molecule has 0 saturated heterocycles. The largest absolute Gasteiger partial charge is 0.495 e. The van der Waals surface area contributed by atoms with Gasteiger partial charge in [-0.3, -0.25) is 0 Å². The lowest BCUT2D eigenvalue weighted by molar-refractivity contribution is 0.395. The van der Waals surface area contributed by atoms with Crippen LogP contribution in [0.3, 0.4) is 0 Å². The molecule has 0 unspecified atom stereocenters. The zero-order valence-corrected chi connectivity index (χ0v) is 14.0. The minimum atomic E-state index is -3.59. The first kappa shape index (κ1) is 17.7. The number of sulfonamides is 1. The number of methoxy groups -OCH3 is 1. The molecular formula is C15H24N2O3S. The van der Waals surface area contributed by atoms with Gasteiger partial charge >= 0.3 is 0 Å². The van der Waals surface area contributed by atoms with Crippen LogP contribution in [0.4, 0.5) is 0 Å². The van der Waals surface area contributed by atoms with Crippen molar-refractivity contribution in [3.8, 4) is 5.75 Å². The highest BCUT2D eigenvalue weighted by Gasteiger charge is 2.26. The van der Waals surface area contributed by atoms with Crippen LogP contribution in [-0.2, 0) is 16.6 Å². The molecule has 5 nitrogen and oxygen atoms in total. The number of ether oxygens (including phenoxy) is 1. The van der Waals surface area contributed by atoms with Crippen molar-refractivity contribution in [2.45, 2.75) is 25.3 Å². The number of likely N-dealkylation sites (N-methyl/N-ethyl adjacent to an activating group) is 1. The number of nitrogens with one attached hydrogen (secondary N) is 1. The molecule has 0 amide bonds. The average molecular weight is 312 g/mol. The highest BCUT2D eigenvalue weighted by molar-refractivity contribution is 7.89. The van der Waals surface area contributed by atoms with E-state index in [1.54, 1.807) is 18.2 Å². The van der Waals surface area contributed by atoms with Crippen LogP contribution in [0.1, 0.15) is 19.4 Å². The SMILES string of the molecule is C=C(C)CN(CC)S(=O)(=O)c1ccc(CNC)cc1OC. The van der Waals surface area contributed by atoms with Crippen LogP contribution in [0.15, 0.2) is 35.2 Å². The van der Waals surface area contributed by atoms with Gasteiger partial charge in [-0.05, 0) is 31.7 Å². The van der Waals surface area contributed by atoms with Gasteiger partial charge in [-0.15, -0.1) is 0 Å². The smallest absolute Gasteiger partial charge is 0.247 e. The van der Waals surface area contributed by atoms with Gasteiger partial charge in [0, 0.05) is 19.6 Å². The zero-order chi connectivity index (χ0) is 16.0. The molecule has 1 aromatic rings. The minimum Gasteiger partial charge on any atom is -0.495 e. The molecule has 0 atom stereocenters. The standard InChI is InChI=1S/C15H24N2O3S/c1-6-17(11-12(2)3)21(18,19)15-8-7-13(10-16-4)9-14(15)20-5/h7-9,16H,2,6,10-11H2,1,3-5H3. The quantitative estimate of drug-likeness (QED) is 0.746. The van der Waals surface area contributed by atoms with E-state index in [-0.39, 0.29) is 4.90 Å². The Balaban J connectivity index is 3.26. The van der Waals surface area contributed by atoms with E-state index in [1.807, 2.05) is 20.9 Å². The molecule has 0 heterocycles. The number of hydrogen-bond donors (Lipinski definition) is 1. The van der Waals surface area contributed by atoms with Gasteiger partial charge in [0.05, 0.1) is 7.11 Å². The first-order chi connectivity index (χ1) is 9.86. The molecule has 0 aliphatic rings. The van der Waals surface area contributed by atoms with E-state index in [0.29, 0.717) is 25.4 Å². The van der Waals surface area contributed by atoms with E-state index in [1.165, 1.54) is 11.4 Å². The van der Waals surface area contributed by atoms with Crippen molar-refractivity contribution in [2.24, 2.45) is 0 Å². The van der Waals surface area contributed by atoms with Crippen LogP contribution in [0.2, 0.25) is 0 Å².